The SMILES string of the molecule is CCc1ccc(C(C)NC(=O)COC(=O)CC(NC(C)=O)c2cccs2)cc1. The van der Waals surface area contributed by atoms with Crippen molar-refractivity contribution in [1.82, 2.24) is 10.6 Å². The van der Waals surface area contributed by atoms with Crippen molar-refractivity contribution in [3.63, 3.8) is 0 Å². The minimum Gasteiger partial charge on any atom is -0.456 e. The molecule has 0 radical (unpaired) electrons. The van der Waals surface area contributed by atoms with E-state index in [0.29, 0.717) is 0 Å². The van der Waals surface area contributed by atoms with Crippen molar-refractivity contribution in [3.8, 4) is 0 Å². The predicted octanol–water partition coefficient (Wildman–Crippen LogP) is 3.30. The van der Waals surface area contributed by atoms with Gasteiger partial charge >= 0.3 is 5.97 Å². The van der Waals surface area contributed by atoms with Crippen LogP contribution in [-0.4, -0.2) is 24.4 Å². The molecule has 2 atom stereocenters. The van der Waals surface area contributed by atoms with Crippen LogP contribution in [0.3, 0.4) is 0 Å². The van der Waals surface area contributed by atoms with Gasteiger partial charge in [0.15, 0.2) is 6.61 Å². The van der Waals surface area contributed by atoms with E-state index in [0.717, 1.165) is 16.9 Å². The molecule has 0 saturated heterocycles. The quantitative estimate of drug-likeness (QED) is 0.631. The first-order valence-corrected chi connectivity index (χ1v) is 10.1. The lowest BCUT2D eigenvalue weighted by Gasteiger charge is -2.17. The van der Waals surface area contributed by atoms with E-state index in [1.54, 1.807) is 0 Å². The van der Waals surface area contributed by atoms with Crippen LogP contribution in [0, 0.1) is 0 Å². The predicted molar refractivity (Wildman–Crippen MR) is 109 cm³/mol. The van der Waals surface area contributed by atoms with Gasteiger partial charge in [0.05, 0.1) is 18.5 Å². The first-order chi connectivity index (χ1) is 13.4. The Kier molecular flexibility index (Phi) is 8.19. The molecule has 0 saturated carbocycles. The molecule has 2 rings (SSSR count). The van der Waals surface area contributed by atoms with Gasteiger partial charge in [0, 0.05) is 11.8 Å². The van der Waals surface area contributed by atoms with E-state index < -0.39 is 12.0 Å². The molecule has 0 aliphatic carbocycles. The molecular weight excluding hydrogens is 376 g/mol. The fourth-order valence-corrected chi connectivity index (χ4v) is 3.52. The summed E-state index contributed by atoms with van der Waals surface area (Å²) in [5.41, 5.74) is 2.22. The van der Waals surface area contributed by atoms with Crippen LogP contribution in [0.5, 0.6) is 0 Å². The van der Waals surface area contributed by atoms with Crippen LogP contribution in [0.25, 0.3) is 0 Å². The molecule has 150 valence electrons. The van der Waals surface area contributed by atoms with Crippen LogP contribution in [0.15, 0.2) is 41.8 Å². The number of ether oxygens (including phenoxy) is 1. The molecule has 0 aliphatic rings. The molecule has 2 N–H and O–H groups in total. The third kappa shape index (κ3) is 6.81. The van der Waals surface area contributed by atoms with Gasteiger partial charge in [0.2, 0.25) is 5.91 Å². The number of esters is 1. The van der Waals surface area contributed by atoms with Crippen molar-refractivity contribution in [1.29, 1.82) is 0 Å². The maximum absolute atomic E-state index is 12.1. The van der Waals surface area contributed by atoms with E-state index in [9.17, 15) is 14.4 Å². The average Bonchev–Trinajstić information content (AvgIpc) is 3.20. The van der Waals surface area contributed by atoms with Crippen LogP contribution in [0.2, 0.25) is 0 Å². The monoisotopic (exact) mass is 402 g/mol. The van der Waals surface area contributed by atoms with E-state index in [-0.39, 0.29) is 30.9 Å². The molecule has 0 aliphatic heterocycles. The number of hydrogen-bond donors (Lipinski definition) is 2. The highest BCUT2D eigenvalue weighted by Gasteiger charge is 2.20. The molecular formula is C21H26N2O4S. The standard InChI is InChI=1S/C21H26N2O4S/c1-4-16-7-9-17(10-8-16)14(2)22-20(25)13-27-21(26)12-18(23-15(3)24)19-6-5-11-28-19/h5-11,14,18H,4,12-13H2,1-3H3,(H,22,25)(H,23,24). The van der Waals surface area contributed by atoms with Crippen LogP contribution in [-0.2, 0) is 25.5 Å². The second kappa shape index (κ2) is 10.6. The molecule has 2 aromatic rings. The smallest absolute Gasteiger partial charge is 0.308 e. The molecule has 1 heterocycles. The molecule has 6 nitrogen and oxygen atoms in total. The van der Waals surface area contributed by atoms with Gasteiger partial charge in [-0.25, -0.2) is 0 Å². The molecule has 7 heteroatoms. The molecule has 2 unspecified atom stereocenters. The van der Waals surface area contributed by atoms with Gasteiger partial charge in [-0.2, -0.15) is 0 Å². The van der Waals surface area contributed by atoms with Crippen molar-refractivity contribution in [2.45, 2.75) is 45.7 Å². The Labute approximate surface area is 169 Å². The van der Waals surface area contributed by atoms with Crippen LogP contribution < -0.4 is 10.6 Å². The maximum atomic E-state index is 12.1. The van der Waals surface area contributed by atoms with Gasteiger partial charge in [-0.15, -0.1) is 11.3 Å². The summed E-state index contributed by atoms with van der Waals surface area (Å²) in [5, 5.41) is 7.42. The molecule has 1 aromatic heterocycles. The first-order valence-electron chi connectivity index (χ1n) is 9.23. The van der Waals surface area contributed by atoms with Crippen LogP contribution >= 0.6 is 11.3 Å². The zero-order chi connectivity index (χ0) is 20.5. The number of carbonyl (C=O) groups is 3. The maximum Gasteiger partial charge on any atom is 0.308 e. The number of carbonyl (C=O) groups excluding carboxylic acids is 3. The minimum atomic E-state index is -0.540. The van der Waals surface area contributed by atoms with Gasteiger partial charge in [-0.05, 0) is 35.9 Å². The zero-order valence-corrected chi connectivity index (χ0v) is 17.2. The Morgan fingerprint density at radius 1 is 1.11 bits per heavy atom. The third-order valence-corrected chi connectivity index (χ3v) is 5.25. The molecule has 0 fully saturated rings. The Morgan fingerprint density at radius 3 is 2.39 bits per heavy atom. The molecule has 1 aromatic carbocycles. The summed E-state index contributed by atoms with van der Waals surface area (Å²) >= 11 is 1.45. The number of hydrogen-bond acceptors (Lipinski definition) is 5. The number of thiophene rings is 1. The zero-order valence-electron chi connectivity index (χ0n) is 16.4. The summed E-state index contributed by atoms with van der Waals surface area (Å²) in [6.45, 7) is 5.01. The second-order valence-corrected chi connectivity index (χ2v) is 7.50. The fourth-order valence-electron chi connectivity index (χ4n) is 2.74. The minimum absolute atomic E-state index is 0.0264. The van der Waals surface area contributed by atoms with Crippen LogP contribution in [0.4, 0.5) is 0 Å². The molecule has 28 heavy (non-hydrogen) atoms. The average molecular weight is 403 g/mol. The van der Waals surface area contributed by atoms with Gasteiger partial charge in [0.1, 0.15) is 0 Å². The van der Waals surface area contributed by atoms with Crippen molar-refractivity contribution in [2.75, 3.05) is 6.61 Å². The first kappa shape index (κ1) is 21.6. The summed E-state index contributed by atoms with van der Waals surface area (Å²) in [6, 6.07) is 11.1. The van der Waals surface area contributed by atoms with E-state index in [1.807, 2.05) is 48.7 Å². The topological polar surface area (TPSA) is 84.5 Å². The van der Waals surface area contributed by atoms with Gasteiger partial charge in [-0.1, -0.05) is 37.3 Å². The van der Waals surface area contributed by atoms with Crippen molar-refractivity contribution < 1.29 is 19.1 Å². The second-order valence-electron chi connectivity index (χ2n) is 6.52. The highest BCUT2D eigenvalue weighted by molar-refractivity contribution is 7.10. The molecule has 0 spiro atoms. The number of rotatable bonds is 9. The summed E-state index contributed by atoms with van der Waals surface area (Å²) in [5.74, 6) is -1.14. The van der Waals surface area contributed by atoms with E-state index in [1.165, 1.54) is 23.8 Å². The van der Waals surface area contributed by atoms with E-state index >= 15 is 0 Å². The lowest BCUT2D eigenvalue weighted by molar-refractivity contribution is -0.149. The lowest BCUT2D eigenvalue weighted by atomic mass is 10.1. The van der Waals surface area contributed by atoms with Gasteiger partial charge in [0.25, 0.3) is 5.91 Å². The largest absolute Gasteiger partial charge is 0.456 e. The number of benzene rings is 1. The summed E-state index contributed by atoms with van der Waals surface area (Å²) in [4.78, 5) is 36.4. The van der Waals surface area contributed by atoms with Gasteiger partial charge in [-0.3, -0.25) is 14.4 Å². The van der Waals surface area contributed by atoms with Crippen molar-refractivity contribution >= 4 is 29.1 Å². The Hall–Kier alpha value is -2.67. The lowest BCUT2D eigenvalue weighted by Crippen LogP contribution is -2.32. The van der Waals surface area contributed by atoms with Crippen LogP contribution in [0.1, 0.15) is 55.3 Å². The summed E-state index contributed by atoms with van der Waals surface area (Å²) < 4.78 is 5.09. The normalized spacial score (nSPS) is 12.7. The fraction of sp³-hybridized carbons (Fsp3) is 0.381. The van der Waals surface area contributed by atoms with E-state index in [2.05, 4.69) is 17.6 Å². The van der Waals surface area contributed by atoms with E-state index in [4.69, 9.17) is 4.74 Å². The highest BCUT2D eigenvalue weighted by atomic mass is 32.1. The Morgan fingerprint density at radius 2 is 1.82 bits per heavy atom. The molecule has 2 amide bonds. The van der Waals surface area contributed by atoms with Crippen molar-refractivity contribution in [2.24, 2.45) is 0 Å². The third-order valence-electron chi connectivity index (χ3n) is 4.26. The van der Waals surface area contributed by atoms with Crippen molar-refractivity contribution in [3.05, 3.63) is 57.8 Å². The number of nitrogens with one attached hydrogen (secondary N) is 2. The highest BCUT2D eigenvalue weighted by Crippen LogP contribution is 2.22. The number of aryl methyl sites for hydroxylation is 1. The summed E-state index contributed by atoms with van der Waals surface area (Å²) in [7, 11) is 0. The Balaban J connectivity index is 1.81. The molecule has 0 bridgehead atoms. The number of amides is 2. The van der Waals surface area contributed by atoms with Gasteiger partial charge < -0.3 is 15.4 Å². The Bertz CT molecular complexity index is 787. The summed E-state index contributed by atoms with van der Waals surface area (Å²) in [6.07, 6.45) is 0.934.